The SMILES string of the molecule is C[C@H](NC(=O)CC(F)(F)F)[C@@H]1CCCO1. The first-order chi connectivity index (χ1) is 6.88. The van der Waals surface area contributed by atoms with Gasteiger partial charge in [0.15, 0.2) is 0 Å². The molecule has 1 rings (SSSR count). The highest BCUT2D eigenvalue weighted by Crippen LogP contribution is 2.20. The fourth-order valence-electron chi connectivity index (χ4n) is 1.58. The van der Waals surface area contributed by atoms with E-state index in [9.17, 15) is 18.0 Å². The quantitative estimate of drug-likeness (QED) is 0.792. The average molecular weight is 225 g/mol. The lowest BCUT2D eigenvalue weighted by atomic mass is 10.1. The first-order valence-electron chi connectivity index (χ1n) is 4.86. The summed E-state index contributed by atoms with van der Waals surface area (Å²) in [6.45, 7) is 2.27. The standard InChI is InChI=1S/C9H14F3NO2/c1-6(7-3-2-4-15-7)13-8(14)5-9(10,11)12/h6-7H,2-5H2,1H3,(H,13,14)/t6-,7-/m0/s1. The number of halogens is 3. The summed E-state index contributed by atoms with van der Waals surface area (Å²) < 4.78 is 40.8. The Morgan fingerprint density at radius 1 is 1.60 bits per heavy atom. The Kier molecular flexibility index (Phi) is 3.96. The van der Waals surface area contributed by atoms with E-state index in [1.807, 2.05) is 0 Å². The Balaban J connectivity index is 2.30. The van der Waals surface area contributed by atoms with Crippen molar-refractivity contribution in [2.75, 3.05) is 6.61 Å². The van der Waals surface area contributed by atoms with Crippen LogP contribution in [0.1, 0.15) is 26.2 Å². The van der Waals surface area contributed by atoms with Gasteiger partial charge in [0.25, 0.3) is 0 Å². The van der Waals surface area contributed by atoms with Gasteiger partial charge in [0, 0.05) is 6.61 Å². The maximum absolute atomic E-state index is 11.8. The predicted octanol–water partition coefficient (Wildman–Crippen LogP) is 1.62. The van der Waals surface area contributed by atoms with Crippen LogP contribution in [0.5, 0.6) is 0 Å². The maximum atomic E-state index is 11.8. The summed E-state index contributed by atoms with van der Waals surface area (Å²) in [6, 6.07) is -0.359. The maximum Gasteiger partial charge on any atom is 0.397 e. The third kappa shape index (κ3) is 4.51. The van der Waals surface area contributed by atoms with Gasteiger partial charge in [-0.05, 0) is 19.8 Å². The summed E-state index contributed by atoms with van der Waals surface area (Å²) in [5.74, 6) is -0.995. The van der Waals surface area contributed by atoms with Crippen LogP contribution in [-0.2, 0) is 9.53 Å². The molecule has 1 aliphatic rings. The van der Waals surface area contributed by atoms with Crippen molar-refractivity contribution in [2.45, 2.75) is 44.5 Å². The lowest BCUT2D eigenvalue weighted by Crippen LogP contribution is -2.42. The zero-order chi connectivity index (χ0) is 11.5. The molecule has 1 saturated heterocycles. The van der Waals surface area contributed by atoms with E-state index in [0.717, 1.165) is 12.8 Å². The molecule has 0 radical (unpaired) electrons. The third-order valence-electron chi connectivity index (χ3n) is 2.27. The summed E-state index contributed by atoms with van der Waals surface area (Å²) in [4.78, 5) is 10.9. The number of nitrogens with one attached hydrogen (secondary N) is 1. The van der Waals surface area contributed by atoms with Crippen molar-refractivity contribution >= 4 is 5.91 Å². The molecule has 15 heavy (non-hydrogen) atoms. The molecular weight excluding hydrogens is 211 g/mol. The van der Waals surface area contributed by atoms with Gasteiger partial charge in [-0.3, -0.25) is 4.79 Å². The fourth-order valence-corrected chi connectivity index (χ4v) is 1.58. The van der Waals surface area contributed by atoms with E-state index in [-0.39, 0.29) is 12.1 Å². The topological polar surface area (TPSA) is 38.3 Å². The van der Waals surface area contributed by atoms with Gasteiger partial charge in [-0.15, -0.1) is 0 Å². The second kappa shape index (κ2) is 4.83. The van der Waals surface area contributed by atoms with Crippen molar-refractivity contribution < 1.29 is 22.7 Å². The largest absolute Gasteiger partial charge is 0.397 e. The van der Waals surface area contributed by atoms with E-state index in [1.54, 1.807) is 6.92 Å². The highest BCUT2D eigenvalue weighted by atomic mass is 19.4. The van der Waals surface area contributed by atoms with Gasteiger partial charge in [0.05, 0.1) is 12.1 Å². The van der Waals surface area contributed by atoms with Crippen molar-refractivity contribution in [3.8, 4) is 0 Å². The molecule has 0 unspecified atom stereocenters. The number of ether oxygens (including phenoxy) is 1. The average Bonchev–Trinajstić information content (AvgIpc) is 2.50. The minimum absolute atomic E-state index is 0.151. The molecule has 1 fully saturated rings. The first kappa shape index (κ1) is 12.3. The number of alkyl halides is 3. The van der Waals surface area contributed by atoms with Crippen LogP contribution in [0.3, 0.4) is 0 Å². The van der Waals surface area contributed by atoms with E-state index in [2.05, 4.69) is 5.32 Å². The lowest BCUT2D eigenvalue weighted by molar-refractivity contribution is -0.154. The van der Waals surface area contributed by atoms with Crippen LogP contribution in [0.4, 0.5) is 13.2 Å². The van der Waals surface area contributed by atoms with Gasteiger partial charge in [0.2, 0.25) is 5.91 Å². The molecule has 1 amide bonds. The molecule has 0 aromatic rings. The molecule has 2 atom stereocenters. The van der Waals surface area contributed by atoms with Crippen LogP contribution < -0.4 is 5.32 Å². The molecule has 1 aliphatic heterocycles. The minimum Gasteiger partial charge on any atom is -0.376 e. The van der Waals surface area contributed by atoms with Crippen molar-refractivity contribution in [3.05, 3.63) is 0 Å². The van der Waals surface area contributed by atoms with Gasteiger partial charge in [-0.25, -0.2) is 0 Å². The molecule has 3 nitrogen and oxygen atoms in total. The van der Waals surface area contributed by atoms with Crippen LogP contribution in [0.15, 0.2) is 0 Å². The van der Waals surface area contributed by atoms with Gasteiger partial charge in [0.1, 0.15) is 6.42 Å². The van der Waals surface area contributed by atoms with Crippen molar-refractivity contribution in [2.24, 2.45) is 0 Å². The number of hydrogen-bond donors (Lipinski definition) is 1. The van der Waals surface area contributed by atoms with E-state index in [1.165, 1.54) is 0 Å². The molecule has 0 aromatic carbocycles. The van der Waals surface area contributed by atoms with Crippen LogP contribution in [0.25, 0.3) is 0 Å². The van der Waals surface area contributed by atoms with E-state index in [0.29, 0.717) is 6.61 Å². The molecule has 0 aliphatic carbocycles. The zero-order valence-electron chi connectivity index (χ0n) is 8.43. The monoisotopic (exact) mass is 225 g/mol. The second-order valence-corrected chi connectivity index (χ2v) is 3.70. The number of carbonyl (C=O) groups excluding carboxylic acids is 1. The fraction of sp³-hybridized carbons (Fsp3) is 0.889. The molecule has 6 heteroatoms. The predicted molar refractivity (Wildman–Crippen MR) is 47.3 cm³/mol. The smallest absolute Gasteiger partial charge is 0.376 e. The summed E-state index contributed by atoms with van der Waals surface area (Å²) in [7, 11) is 0. The van der Waals surface area contributed by atoms with Crippen molar-refractivity contribution in [1.82, 2.24) is 5.32 Å². The normalized spacial score (nSPS) is 23.9. The molecule has 0 bridgehead atoms. The lowest BCUT2D eigenvalue weighted by Gasteiger charge is -2.20. The molecule has 1 heterocycles. The van der Waals surface area contributed by atoms with Gasteiger partial charge >= 0.3 is 6.18 Å². The van der Waals surface area contributed by atoms with Gasteiger partial charge in [-0.2, -0.15) is 13.2 Å². The Morgan fingerprint density at radius 2 is 2.27 bits per heavy atom. The number of amides is 1. The molecular formula is C9H14F3NO2. The summed E-state index contributed by atoms with van der Waals surface area (Å²) in [6.07, 6.45) is -4.34. The number of hydrogen-bond acceptors (Lipinski definition) is 2. The van der Waals surface area contributed by atoms with Crippen LogP contribution in [-0.4, -0.2) is 30.8 Å². The van der Waals surface area contributed by atoms with Crippen LogP contribution in [0, 0.1) is 0 Å². The van der Waals surface area contributed by atoms with E-state index >= 15 is 0 Å². The zero-order valence-corrected chi connectivity index (χ0v) is 8.43. The second-order valence-electron chi connectivity index (χ2n) is 3.70. The summed E-state index contributed by atoms with van der Waals surface area (Å²) >= 11 is 0. The van der Waals surface area contributed by atoms with E-state index < -0.39 is 18.5 Å². The molecule has 0 aromatic heterocycles. The molecule has 0 spiro atoms. The van der Waals surface area contributed by atoms with Gasteiger partial charge < -0.3 is 10.1 Å². The summed E-state index contributed by atoms with van der Waals surface area (Å²) in [5.41, 5.74) is 0. The Hall–Kier alpha value is -0.780. The van der Waals surface area contributed by atoms with Crippen molar-refractivity contribution in [1.29, 1.82) is 0 Å². The first-order valence-corrected chi connectivity index (χ1v) is 4.86. The van der Waals surface area contributed by atoms with E-state index in [4.69, 9.17) is 4.74 Å². The molecule has 0 saturated carbocycles. The van der Waals surface area contributed by atoms with Crippen LogP contribution >= 0.6 is 0 Å². The van der Waals surface area contributed by atoms with Crippen molar-refractivity contribution in [3.63, 3.8) is 0 Å². The third-order valence-corrected chi connectivity index (χ3v) is 2.27. The van der Waals surface area contributed by atoms with Crippen LogP contribution in [0.2, 0.25) is 0 Å². The molecule has 88 valence electrons. The number of rotatable bonds is 3. The minimum atomic E-state index is -4.44. The van der Waals surface area contributed by atoms with Gasteiger partial charge in [-0.1, -0.05) is 0 Å². The summed E-state index contributed by atoms with van der Waals surface area (Å²) in [5, 5.41) is 2.29. The highest BCUT2D eigenvalue weighted by molar-refractivity contribution is 5.76. The Labute approximate surface area is 86.0 Å². The highest BCUT2D eigenvalue weighted by Gasteiger charge is 2.32. The number of carbonyl (C=O) groups is 1. The Morgan fingerprint density at radius 3 is 2.73 bits per heavy atom. The Bertz CT molecular complexity index is 224. The molecule has 1 N–H and O–H groups in total.